The minimum atomic E-state index is -1.88. The number of benzene rings is 2. The summed E-state index contributed by atoms with van der Waals surface area (Å²) in [4.78, 5) is 0. The molecule has 0 bridgehead atoms. The Labute approximate surface area is 180 Å². The Morgan fingerprint density at radius 1 is 0.839 bits per heavy atom. The number of furan rings is 1. The number of nitrogens with zero attached hydrogens (tertiary/aromatic N) is 4. The van der Waals surface area contributed by atoms with Crippen molar-refractivity contribution in [2.45, 2.75) is 12.3 Å². The van der Waals surface area contributed by atoms with Gasteiger partial charge in [-0.3, -0.25) is 0 Å². The van der Waals surface area contributed by atoms with E-state index in [9.17, 15) is 21.0 Å². The smallest absolute Gasteiger partial charge is 0.186 e. The third-order valence-corrected chi connectivity index (χ3v) is 5.82. The second-order valence-electron chi connectivity index (χ2n) is 7.44. The van der Waals surface area contributed by atoms with E-state index in [0.717, 1.165) is 11.1 Å². The van der Waals surface area contributed by atoms with Crippen LogP contribution in [0.1, 0.15) is 22.8 Å². The molecular formula is C26H16N4O. The first-order valence-corrected chi connectivity index (χ1v) is 9.69. The molecular weight excluding hydrogens is 384 g/mol. The van der Waals surface area contributed by atoms with Crippen LogP contribution < -0.4 is 0 Å². The van der Waals surface area contributed by atoms with E-state index < -0.39 is 16.7 Å². The van der Waals surface area contributed by atoms with Crippen LogP contribution in [-0.4, -0.2) is 0 Å². The summed E-state index contributed by atoms with van der Waals surface area (Å²) in [5, 5.41) is 40.1. The predicted octanol–water partition coefficient (Wildman–Crippen LogP) is 5.37. The van der Waals surface area contributed by atoms with E-state index in [1.165, 1.54) is 0 Å². The van der Waals surface area contributed by atoms with E-state index in [0.29, 0.717) is 17.1 Å². The lowest BCUT2D eigenvalue weighted by molar-refractivity contribution is 0.230. The van der Waals surface area contributed by atoms with Gasteiger partial charge in [0, 0.05) is 23.5 Å². The minimum Gasteiger partial charge on any atom is -0.461 e. The molecule has 1 unspecified atom stereocenters. The van der Waals surface area contributed by atoms with Crippen molar-refractivity contribution >= 4 is 6.08 Å². The van der Waals surface area contributed by atoms with Gasteiger partial charge in [-0.2, -0.15) is 21.0 Å². The molecule has 1 atom stereocenters. The number of hydrogen-bond acceptors (Lipinski definition) is 5. The normalized spacial score (nSPS) is 18.1. The van der Waals surface area contributed by atoms with Crippen LogP contribution in [0.4, 0.5) is 0 Å². The van der Waals surface area contributed by atoms with Crippen molar-refractivity contribution in [3.63, 3.8) is 0 Å². The molecule has 146 valence electrons. The van der Waals surface area contributed by atoms with Gasteiger partial charge >= 0.3 is 0 Å². The largest absolute Gasteiger partial charge is 0.461 e. The molecule has 2 aromatic carbocycles. The molecule has 0 radical (unpaired) electrons. The van der Waals surface area contributed by atoms with Gasteiger partial charge in [0.05, 0.1) is 24.3 Å². The van der Waals surface area contributed by atoms with Crippen LogP contribution in [0.15, 0.2) is 77.2 Å². The first kappa shape index (κ1) is 19.7. The molecule has 31 heavy (non-hydrogen) atoms. The molecule has 0 spiro atoms. The molecule has 3 aromatic rings. The quantitative estimate of drug-likeness (QED) is 0.587. The molecule has 0 fully saturated rings. The lowest BCUT2D eigenvalue weighted by Crippen LogP contribution is -2.47. The van der Waals surface area contributed by atoms with Gasteiger partial charge in [0.25, 0.3) is 0 Å². The molecule has 0 N–H and O–H groups in total. The van der Waals surface area contributed by atoms with Crippen molar-refractivity contribution in [2.24, 2.45) is 10.8 Å². The summed E-state index contributed by atoms with van der Waals surface area (Å²) in [6.45, 7) is 0. The Hall–Kier alpha value is -4.58. The molecule has 5 heteroatoms. The number of fused-ring (bicyclic) bond motifs is 1. The van der Waals surface area contributed by atoms with Crippen molar-refractivity contribution in [1.29, 1.82) is 21.0 Å². The topological polar surface area (TPSA) is 108 Å². The number of nitriles is 4. The Morgan fingerprint density at radius 2 is 1.45 bits per heavy atom. The highest BCUT2D eigenvalue weighted by Gasteiger charge is 2.63. The lowest BCUT2D eigenvalue weighted by atomic mass is 9.53. The fourth-order valence-electron chi connectivity index (χ4n) is 4.12. The Balaban J connectivity index is 1.95. The molecule has 0 amide bonds. The van der Waals surface area contributed by atoms with E-state index in [1.54, 1.807) is 12.2 Å². The molecule has 0 aliphatic heterocycles. The van der Waals surface area contributed by atoms with Gasteiger partial charge in [-0.1, -0.05) is 72.8 Å². The molecule has 5 nitrogen and oxygen atoms in total. The van der Waals surface area contributed by atoms with Crippen molar-refractivity contribution in [3.05, 3.63) is 89.7 Å². The highest BCUT2D eigenvalue weighted by molar-refractivity contribution is 5.63. The highest BCUT2D eigenvalue weighted by Crippen LogP contribution is 2.57. The number of hydrogen-bond donors (Lipinski definition) is 0. The predicted molar refractivity (Wildman–Crippen MR) is 113 cm³/mol. The van der Waals surface area contributed by atoms with Crippen LogP contribution in [-0.2, 0) is 6.42 Å². The summed E-state index contributed by atoms with van der Waals surface area (Å²) in [5.74, 6) is 0.206. The van der Waals surface area contributed by atoms with Crippen molar-refractivity contribution in [2.75, 3.05) is 0 Å². The van der Waals surface area contributed by atoms with Gasteiger partial charge in [0.2, 0.25) is 0 Å². The van der Waals surface area contributed by atoms with Crippen LogP contribution in [0.5, 0.6) is 0 Å². The fraction of sp³-hybridized carbons (Fsp3) is 0.154. The summed E-state index contributed by atoms with van der Waals surface area (Å²) < 4.78 is 6.06. The summed E-state index contributed by atoms with van der Waals surface area (Å²) in [6.07, 6.45) is 3.41. The molecule has 1 aliphatic carbocycles. The van der Waals surface area contributed by atoms with E-state index in [2.05, 4.69) is 0 Å². The number of allylic oxidation sites excluding steroid dienone is 1. The van der Waals surface area contributed by atoms with Gasteiger partial charge in [0.15, 0.2) is 10.8 Å². The Kier molecular flexibility index (Phi) is 4.89. The minimum absolute atomic E-state index is 0.126. The Morgan fingerprint density at radius 3 is 2.03 bits per heavy atom. The van der Waals surface area contributed by atoms with E-state index in [-0.39, 0.29) is 6.42 Å². The van der Waals surface area contributed by atoms with Crippen LogP contribution >= 0.6 is 0 Å². The van der Waals surface area contributed by atoms with Gasteiger partial charge in [-0.05, 0) is 11.6 Å². The van der Waals surface area contributed by atoms with Crippen molar-refractivity contribution in [1.82, 2.24) is 0 Å². The highest BCUT2D eigenvalue weighted by atomic mass is 16.3. The molecule has 0 saturated carbocycles. The maximum atomic E-state index is 10.1. The second-order valence-corrected chi connectivity index (χ2v) is 7.44. The summed E-state index contributed by atoms with van der Waals surface area (Å²) in [6, 6.07) is 28.7. The van der Waals surface area contributed by atoms with Gasteiger partial charge in [-0.25, -0.2) is 0 Å². The SMILES string of the molecule is N#CC1(C#N)Cc2oc(-c3ccccc3)cc2C(/C=C/c2ccccc2)C1(C#N)C#N. The van der Waals surface area contributed by atoms with E-state index in [1.807, 2.05) is 91.0 Å². The zero-order valence-electron chi connectivity index (χ0n) is 16.5. The van der Waals surface area contributed by atoms with Gasteiger partial charge in [-0.15, -0.1) is 0 Å². The van der Waals surface area contributed by atoms with Crippen LogP contribution in [0, 0.1) is 56.2 Å². The standard InChI is InChI=1S/C26H16N4O/c27-15-25(16-28)14-24-21(13-23(31-24)20-9-5-2-6-10-20)22(26(25,17-29)18-30)12-11-19-7-3-1-4-8-19/h1-13,22H,14H2/b12-11+. The first-order valence-electron chi connectivity index (χ1n) is 9.69. The third-order valence-electron chi connectivity index (χ3n) is 5.82. The van der Waals surface area contributed by atoms with E-state index >= 15 is 0 Å². The molecule has 1 heterocycles. The first-order chi connectivity index (χ1) is 15.1. The second kappa shape index (κ2) is 7.68. The van der Waals surface area contributed by atoms with Crippen LogP contribution in [0.3, 0.4) is 0 Å². The molecule has 1 aromatic heterocycles. The third kappa shape index (κ3) is 2.98. The Bertz CT molecular complexity index is 1280. The average Bonchev–Trinajstić information content (AvgIpc) is 3.26. The zero-order valence-corrected chi connectivity index (χ0v) is 16.5. The fourth-order valence-corrected chi connectivity index (χ4v) is 4.12. The van der Waals surface area contributed by atoms with Gasteiger partial charge < -0.3 is 4.42 Å². The van der Waals surface area contributed by atoms with Crippen LogP contribution in [0.25, 0.3) is 17.4 Å². The lowest BCUT2D eigenvalue weighted by Gasteiger charge is -2.39. The molecule has 4 rings (SSSR count). The average molecular weight is 400 g/mol. The monoisotopic (exact) mass is 400 g/mol. The van der Waals surface area contributed by atoms with E-state index in [4.69, 9.17) is 4.42 Å². The van der Waals surface area contributed by atoms with Crippen molar-refractivity contribution < 1.29 is 4.42 Å². The van der Waals surface area contributed by atoms with Gasteiger partial charge in [0.1, 0.15) is 11.5 Å². The molecule has 1 aliphatic rings. The molecule has 0 saturated heterocycles. The van der Waals surface area contributed by atoms with Crippen molar-refractivity contribution in [3.8, 4) is 35.6 Å². The maximum Gasteiger partial charge on any atom is 0.186 e. The summed E-state index contributed by atoms with van der Waals surface area (Å²) in [5.41, 5.74) is -1.38. The number of rotatable bonds is 3. The summed E-state index contributed by atoms with van der Waals surface area (Å²) in [7, 11) is 0. The maximum absolute atomic E-state index is 10.1. The summed E-state index contributed by atoms with van der Waals surface area (Å²) >= 11 is 0. The zero-order chi connectivity index (χ0) is 21.9. The van der Waals surface area contributed by atoms with Crippen LogP contribution in [0.2, 0.25) is 0 Å².